The molecule has 5 nitrogen and oxygen atoms in total. The van der Waals surface area contributed by atoms with E-state index in [0.29, 0.717) is 23.5 Å². The number of hydrogen-bond acceptors (Lipinski definition) is 3. The van der Waals surface area contributed by atoms with Gasteiger partial charge in [0.1, 0.15) is 0 Å². The number of carbonyl (C=O) groups excluding carboxylic acids is 1. The molecule has 1 amide bonds. The number of nitrogens with one attached hydrogen (secondary N) is 1. The fourth-order valence-electron chi connectivity index (χ4n) is 3.37. The minimum Gasteiger partial charge on any atom is -0.322 e. The molecule has 0 aromatic heterocycles. The van der Waals surface area contributed by atoms with Crippen LogP contribution in [0.4, 0.5) is 11.4 Å². The zero-order valence-electron chi connectivity index (χ0n) is 15.4. The molecule has 0 radical (unpaired) electrons. The van der Waals surface area contributed by atoms with Gasteiger partial charge in [-0.1, -0.05) is 23.3 Å². The van der Waals surface area contributed by atoms with E-state index in [0.717, 1.165) is 29.5 Å². The number of fused-ring (bicyclic) bond motifs is 1. The molecule has 1 N–H and O–H groups in total. The molecule has 1 aliphatic rings. The first-order valence-electron chi connectivity index (χ1n) is 8.83. The minimum atomic E-state index is -3.32. The van der Waals surface area contributed by atoms with Gasteiger partial charge in [-0.15, -0.1) is 0 Å². The Balaban J connectivity index is 1.91. The second-order valence-corrected chi connectivity index (χ2v) is 8.93. The fourth-order valence-corrected chi connectivity index (χ4v) is 4.56. The van der Waals surface area contributed by atoms with E-state index >= 15 is 0 Å². The van der Waals surface area contributed by atoms with Crippen molar-refractivity contribution in [1.82, 2.24) is 0 Å². The molecule has 2 aromatic carbocycles. The number of hydrogen-bond donors (Lipinski definition) is 1. The normalized spacial score (nSPS) is 14.0. The smallest absolute Gasteiger partial charge is 0.255 e. The molecule has 0 unspecified atom stereocenters. The first-order chi connectivity index (χ1) is 12.3. The molecule has 0 saturated carbocycles. The lowest BCUT2D eigenvalue weighted by Crippen LogP contribution is -2.36. The second kappa shape index (κ2) is 7.11. The van der Waals surface area contributed by atoms with Crippen LogP contribution in [0.1, 0.15) is 40.4 Å². The minimum absolute atomic E-state index is 0.0611. The van der Waals surface area contributed by atoms with Crippen molar-refractivity contribution >= 4 is 27.3 Å². The maximum Gasteiger partial charge on any atom is 0.255 e. The summed E-state index contributed by atoms with van der Waals surface area (Å²) in [5, 5.41) is 2.89. The van der Waals surface area contributed by atoms with E-state index in [1.54, 1.807) is 13.0 Å². The molecule has 3 rings (SSSR count). The molecule has 0 atom stereocenters. The Kier molecular flexibility index (Phi) is 5.05. The average Bonchev–Trinajstić information content (AvgIpc) is 2.60. The maximum atomic E-state index is 12.6. The molecule has 6 heteroatoms. The number of nitrogens with zero attached hydrogens (tertiary/aromatic N) is 1. The highest BCUT2D eigenvalue weighted by Gasteiger charge is 2.26. The molecule has 1 heterocycles. The van der Waals surface area contributed by atoms with E-state index in [-0.39, 0.29) is 11.7 Å². The summed E-state index contributed by atoms with van der Waals surface area (Å²) in [6, 6.07) is 11.2. The lowest BCUT2D eigenvalue weighted by Gasteiger charge is -2.30. The number of aryl methyl sites for hydroxylation is 3. The molecule has 138 valence electrons. The monoisotopic (exact) mass is 372 g/mol. The maximum absolute atomic E-state index is 12.6. The molecule has 0 saturated heterocycles. The van der Waals surface area contributed by atoms with Crippen molar-refractivity contribution in [1.29, 1.82) is 0 Å². The number of benzene rings is 2. The quantitative estimate of drug-likeness (QED) is 0.891. The summed E-state index contributed by atoms with van der Waals surface area (Å²) in [5.74, 6) is -0.136. The van der Waals surface area contributed by atoms with Gasteiger partial charge in [0.05, 0.1) is 11.4 Å². The molecule has 1 aliphatic heterocycles. The Hall–Kier alpha value is -2.34. The summed E-state index contributed by atoms with van der Waals surface area (Å²) in [7, 11) is -3.32. The molecular formula is C20H24N2O3S. The number of rotatable bonds is 4. The van der Waals surface area contributed by atoms with Crippen LogP contribution in [0.3, 0.4) is 0 Å². The topological polar surface area (TPSA) is 66.5 Å². The van der Waals surface area contributed by atoms with Crippen molar-refractivity contribution in [2.75, 3.05) is 21.9 Å². The number of carbonyl (C=O) groups is 1. The SMILES string of the molecule is CCS(=O)(=O)N1CCCc2ccc(NC(=O)c3cc(C)cc(C)c3)cc21. The van der Waals surface area contributed by atoms with Gasteiger partial charge >= 0.3 is 0 Å². The summed E-state index contributed by atoms with van der Waals surface area (Å²) in [4.78, 5) is 12.6. The van der Waals surface area contributed by atoms with Gasteiger partial charge in [-0.3, -0.25) is 9.10 Å². The van der Waals surface area contributed by atoms with Gasteiger partial charge in [-0.25, -0.2) is 8.42 Å². The van der Waals surface area contributed by atoms with Crippen LogP contribution in [0.2, 0.25) is 0 Å². The predicted molar refractivity (Wildman–Crippen MR) is 105 cm³/mol. The summed E-state index contributed by atoms with van der Waals surface area (Å²) < 4.78 is 26.2. The summed E-state index contributed by atoms with van der Waals surface area (Å²) >= 11 is 0. The Morgan fingerprint density at radius 2 is 1.81 bits per heavy atom. The van der Waals surface area contributed by atoms with Crippen LogP contribution in [-0.4, -0.2) is 26.6 Å². The van der Waals surface area contributed by atoms with Crippen molar-refractivity contribution < 1.29 is 13.2 Å². The lowest BCUT2D eigenvalue weighted by molar-refractivity contribution is 0.102. The molecule has 0 fully saturated rings. The van der Waals surface area contributed by atoms with Crippen LogP contribution in [0.5, 0.6) is 0 Å². The van der Waals surface area contributed by atoms with E-state index in [4.69, 9.17) is 0 Å². The van der Waals surface area contributed by atoms with Gasteiger partial charge < -0.3 is 5.32 Å². The average molecular weight is 372 g/mol. The van der Waals surface area contributed by atoms with Crippen molar-refractivity contribution in [3.05, 3.63) is 58.7 Å². The van der Waals surface area contributed by atoms with Gasteiger partial charge in [-0.2, -0.15) is 0 Å². The Morgan fingerprint density at radius 1 is 1.12 bits per heavy atom. The van der Waals surface area contributed by atoms with E-state index in [9.17, 15) is 13.2 Å². The number of sulfonamides is 1. The molecule has 0 aliphatic carbocycles. The Bertz CT molecular complexity index is 931. The lowest BCUT2D eigenvalue weighted by atomic mass is 10.0. The van der Waals surface area contributed by atoms with Crippen molar-refractivity contribution in [2.24, 2.45) is 0 Å². The molecule has 0 bridgehead atoms. The Morgan fingerprint density at radius 3 is 2.46 bits per heavy atom. The van der Waals surface area contributed by atoms with Gasteiger partial charge in [0, 0.05) is 17.8 Å². The summed E-state index contributed by atoms with van der Waals surface area (Å²) in [6.07, 6.45) is 1.65. The van der Waals surface area contributed by atoms with Gasteiger partial charge in [0.15, 0.2) is 0 Å². The van der Waals surface area contributed by atoms with Crippen molar-refractivity contribution in [2.45, 2.75) is 33.6 Å². The van der Waals surface area contributed by atoms with Crippen LogP contribution in [0, 0.1) is 13.8 Å². The zero-order valence-corrected chi connectivity index (χ0v) is 16.2. The van der Waals surface area contributed by atoms with Crippen LogP contribution in [0.25, 0.3) is 0 Å². The van der Waals surface area contributed by atoms with Gasteiger partial charge in [-0.05, 0) is 63.4 Å². The number of anilines is 2. The molecule has 0 spiro atoms. The van der Waals surface area contributed by atoms with Crippen LogP contribution >= 0.6 is 0 Å². The molecular weight excluding hydrogens is 348 g/mol. The van der Waals surface area contributed by atoms with Crippen LogP contribution in [-0.2, 0) is 16.4 Å². The molecule has 26 heavy (non-hydrogen) atoms. The summed E-state index contributed by atoms with van der Waals surface area (Å²) in [5.41, 5.74) is 4.93. The number of amides is 1. The third-order valence-electron chi connectivity index (χ3n) is 4.60. The fraction of sp³-hybridized carbons (Fsp3) is 0.350. The Labute approximate surface area is 155 Å². The highest BCUT2D eigenvalue weighted by Crippen LogP contribution is 2.32. The first kappa shape index (κ1) is 18.5. The van der Waals surface area contributed by atoms with E-state index in [1.165, 1.54) is 4.31 Å². The van der Waals surface area contributed by atoms with E-state index in [2.05, 4.69) is 5.32 Å². The third kappa shape index (κ3) is 3.75. The van der Waals surface area contributed by atoms with Gasteiger partial charge in [0.2, 0.25) is 10.0 Å². The largest absolute Gasteiger partial charge is 0.322 e. The van der Waals surface area contributed by atoms with E-state index in [1.807, 2.05) is 44.2 Å². The second-order valence-electron chi connectivity index (χ2n) is 6.75. The van der Waals surface area contributed by atoms with Crippen LogP contribution < -0.4 is 9.62 Å². The standard InChI is InChI=1S/C20H24N2O3S/c1-4-26(24,25)22-9-5-6-16-7-8-18(13-19(16)22)21-20(23)17-11-14(2)10-15(3)12-17/h7-8,10-13H,4-6,9H2,1-3H3,(H,21,23). The third-order valence-corrected chi connectivity index (χ3v) is 6.38. The van der Waals surface area contributed by atoms with Crippen LogP contribution in [0.15, 0.2) is 36.4 Å². The van der Waals surface area contributed by atoms with Gasteiger partial charge in [0.25, 0.3) is 5.91 Å². The van der Waals surface area contributed by atoms with Crippen molar-refractivity contribution in [3.63, 3.8) is 0 Å². The van der Waals surface area contributed by atoms with Crippen molar-refractivity contribution in [3.8, 4) is 0 Å². The summed E-state index contributed by atoms with van der Waals surface area (Å²) in [6.45, 7) is 6.04. The van der Waals surface area contributed by atoms with E-state index < -0.39 is 10.0 Å². The molecule has 2 aromatic rings. The first-order valence-corrected chi connectivity index (χ1v) is 10.4. The highest BCUT2D eigenvalue weighted by molar-refractivity contribution is 7.92. The predicted octanol–water partition coefficient (Wildman–Crippen LogP) is 3.66. The zero-order chi connectivity index (χ0) is 18.9. The highest BCUT2D eigenvalue weighted by atomic mass is 32.2.